The van der Waals surface area contributed by atoms with E-state index in [1.54, 1.807) is 13.8 Å². The van der Waals surface area contributed by atoms with E-state index in [2.05, 4.69) is 10.6 Å². The number of rotatable bonds is 16. The van der Waals surface area contributed by atoms with Crippen molar-refractivity contribution in [1.82, 2.24) is 16.0 Å². The van der Waals surface area contributed by atoms with Gasteiger partial charge in [0.1, 0.15) is 18.1 Å². The van der Waals surface area contributed by atoms with Crippen molar-refractivity contribution in [2.45, 2.75) is 70.1 Å². The zero-order valence-electron chi connectivity index (χ0n) is 18.9. The second-order valence-corrected chi connectivity index (χ2v) is 7.90. The molecule has 0 aromatic rings. The highest BCUT2D eigenvalue weighted by Crippen LogP contribution is 2.06. The van der Waals surface area contributed by atoms with Gasteiger partial charge in [0, 0.05) is 12.8 Å². The minimum Gasteiger partial charge on any atom is -0.481 e. The van der Waals surface area contributed by atoms with Gasteiger partial charge < -0.3 is 43.4 Å². The smallest absolute Gasteiger partial charge is 0.326 e. The number of aliphatic carboxylic acids is 2. The number of nitrogens with one attached hydrogen (secondary N) is 3. The number of carboxylic acid groups (broad SMARTS) is 2. The zero-order valence-corrected chi connectivity index (χ0v) is 18.9. The lowest BCUT2D eigenvalue weighted by molar-refractivity contribution is -0.147. The third-order valence-electron chi connectivity index (χ3n) is 4.64. The normalized spacial score (nSPS) is 14.2. The van der Waals surface area contributed by atoms with Crippen molar-refractivity contribution < 1.29 is 43.8 Å². The third-order valence-corrected chi connectivity index (χ3v) is 4.64. The molecule has 0 bridgehead atoms. The minimum absolute atomic E-state index is 0.237. The quantitative estimate of drug-likeness (QED) is 0.106. The summed E-state index contributed by atoms with van der Waals surface area (Å²) in [6.07, 6.45) is -2.21. The summed E-state index contributed by atoms with van der Waals surface area (Å²) in [7, 11) is 0. The van der Waals surface area contributed by atoms with Crippen molar-refractivity contribution in [3.8, 4) is 0 Å². The summed E-state index contributed by atoms with van der Waals surface area (Å²) in [5, 5.41) is 24.5. The molecule has 4 unspecified atom stereocenters. The molecule has 0 saturated heterocycles. The van der Waals surface area contributed by atoms with Crippen LogP contribution in [0.3, 0.4) is 0 Å². The molecule has 4 atom stereocenters. The van der Waals surface area contributed by atoms with Crippen molar-refractivity contribution in [2.24, 2.45) is 23.1 Å². The lowest BCUT2D eigenvalue weighted by atomic mass is 10.0. The maximum absolute atomic E-state index is 12.8. The Bertz CT molecular complexity index is 801. The highest BCUT2D eigenvalue weighted by atomic mass is 16.4. The lowest BCUT2D eigenvalue weighted by Crippen LogP contribution is -2.57. The van der Waals surface area contributed by atoms with Gasteiger partial charge in [-0.2, -0.15) is 0 Å². The average Bonchev–Trinajstić information content (AvgIpc) is 2.71. The monoisotopic (exact) mass is 488 g/mol. The summed E-state index contributed by atoms with van der Waals surface area (Å²) in [5.74, 6) is -7.75. The van der Waals surface area contributed by atoms with Crippen LogP contribution in [0.15, 0.2) is 0 Å². The number of carbonyl (C=O) groups excluding carboxylic acids is 5. The number of nitrogens with two attached hydrogens (primary N) is 3. The first kappa shape index (κ1) is 30.2. The number of primary amides is 2. The summed E-state index contributed by atoms with van der Waals surface area (Å²) in [5.41, 5.74) is 15.9. The Morgan fingerprint density at radius 2 is 1.09 bits per heavy atom. The highest BCUT2D eigenvalue weighted by Gasteiger charge is 2.31. The van der Waals surface area contributed by atoms with E-state index in [4.69, 9.17) is 27.4 Å². The summed E-state index contributed by atoms with van der Waals surface area (Å²) < 4.78 is 0. The standard InChI is InChI=1S/C19H32N6O9/c1-8(2)15(22)18(32)24-10(4-6-13(21)27)16(30)23-9(3-5-12(20)26)17(31)25-11(19(33)34)7-14(28)29/h8-11,15H,3-7,22H2,1-2H3,(H2,20,26)(H2,21,27)(H,23,30)(H,24,32)(H,25,31)(H,28,29)(H,33,34). The van der Waals surface area contributed by atoms with Crippen molar-refractivity contribution in [3.05, 3.63) is 0 Å². The first-order chi connectivity index (χ1) is 15.6. The van der Waals surface area contributed by atoms with E-state index >= 15 is 0 Å². The Kier molecular flexibility index (Phi) is 12.8. The van der Waals surface area contributed by atoms with Crippen LogP contribution in [-0.2, 0) is 33.6 Å². The van der Waals surface area contributed by atoms with Crippen LogP contribution < -0.4 is 33.2 Å². The van der Waals surface area contributed by atoms with Crippen LogP contribution in [0.5, 0.6) is 0 Å². The molecule has 15 heteroatoms. The van der Waals surface area contributed by atoms with E-state index in [0.29, 0.717) is 0 Å². The van der Waals surface area contributed by atoms with Crippen LogP contribution in [0.4, 0.5) is 0 Å². The zero-order chi connectivity index (χ0) is 26.6. The van der Waals surface area contributed by atoms with Crippen LogP contribution in [0.1, 0.15) is 46.0 Å². The Morgan fingerprint density at radius 3 is 1.41 bits per heavy atom. The molecule has 0 aromatic carbocycles. The van der Waals surface area contributed by atoms with E-state index in [-0.39, 0.29) is 31.6 Å². The molecular formula is C19H32N6O9. The summed E-state index contributed by atoms with van der Waals surface area (Å²) in [6.45, 7) is 3.34. The Balaban J connectivity index is 5.66. The summed E-state index contributed by atoms with van der Waals surface area (Å²) in [4.78, 5) is 82.1. The molecule has 15 nitrogen and oxygen atoms in total. The highest BCUT2D eigenvalue weighted by molar-refractivity contribution is 5.95. The largest absolute Gasteiger partial charge is 0.481 e. The number of hydrogen-bond acceptors (Lipinski definition) is 8. The molecule has 0 radical (unpaired) electrons. The Hall–Kier alpha value is -3.75. The van der Waals surface area contributed by atoms with Crippen molar-refractivity contribution in [3.63, 3.8) is 0 Å². The van der Waals surface area contributed by atoms with Gasteiger partial charge in [-0.15, -0.1) is 0 Å². The fourth-order valence-corrected chi connectivity index (χ4v) is 2.60. The summed E-state index contributed by atoms with van der Waals surface area (Å²) in [6, 6.07) is -5.65. The van der Waals surface area contributed by atoms with Crippen LogP contribution in [0, 0.1) is 5.92 Å². The van der Waals surface area contributed by atoms with Crippen molar-refractivity contribution in [2.75, 3.05) is 0 Å². The average molecular weight is 488 g/mol. The molecular weight excluding hydrogens is 456 g/mol. The van der Waals surface area contributed by atoms with Gasteiger partial charge in [0.25, 0.3) is 0 Å². The molecule has 0 spiro atoms. The van der Waals surface area contributed by atoms with Crippen LogP contribution in [0.2, 0.25) is 0 Å². The molecule has 11 N–H and O–H groups in total. The van der Waals surface area contributed by atoms with Gasteiger partial charge in [0.2, 0.25) is 29.5 Å². The maximum Gasteiger partial charge on any atom is 0.326 e. The molecule has 0 aliphatic carbocycles. The van der Waals surface area contributed by atoms with Gasteiger partial charge in [0.15, 0.2) is 0 Å². The third kappa shape index (κ3) is 11.8. The maximum atomic E-state index is 12.8. The fourth-order valence-electron chi connectivity index (χ4n) is 2.60. The Morgan fingerprint density at radius 1 is 0.706 bits per heavy atom. The second kappa shape index (κ2) is 14.4. The van der Waals surface area contributed by atoms with Gasteiger partial charge in [-0.3, -0.25) is 28.8 Å². The minimum atomic E-state index is -1.81. The predicted octanol–water partition coefficient (Wildman–Crippen LogP) is -3.49. The number of hydrogen-bond donors (Lipinski definition) is 8. The molecule has 0 heterocycles. The molecule has 0 saturated carbocycles. The van der Waals surface area contributed by atoms with Crippen molar-refractivity contribution >= 4 is 41.5 Å². The SMILES string of the molecule is CC(C)C(N)C(=O)NC(CCC(N)=O)C(=O)NC(CCC(N)=O)C(=O)NC(CC(=O)O)C(=O)O. The van der Waals surface area contributed by atoms with Gasteiger partial charge in [-0.1, -0.05) is 13.8 Å². The number of carbonyl (C=O) groups is 7. The van der Waals surface area contributed by atoms with E-state index in [0.717, 1.165) is 0 Å². The molecule has 5 amide bonds. The van der Waals surface area contributed by atoms with Crippen molar-refractivity contribution in [1.29, 1.82) is 0 Å². The van der Waals surface area contributed by atoms with Gasteiger partial charge in [0.05, 0.1) is 12.5 Å². The first-order valence-electron chi connectivity index (χ1n) is 10.3. The molecule has 0 fully saturated rings. The second-order valence-electron chi connectivity index (χ2n) is 7.90. The molecule has 0 aliphatic rings. The first-order valence-corrected chi connectivity index (χ1v) is 10.3. The van der Waals surface area contributed by atoms with Gasteiger partial charge in [-0.05, 0) is 18.8 Å². The molecule has 0 aromatic heterocycles. The molecule has 0 aliphatic heterocycles. The predicted molar refractivity (Wildman–Crippen MR) is 115 cm³/mol. The van der Waals surface area contributed by atoms with E-state index in [9.17, 15) is 33.6 Å². The summed E-state index contributed by atoms with van der Waals surface area (Å²) >= 11 is 0. The van der Waals surface area contributed by atoms with E-state index < -0.39 is 72.1 Å². The van der Waals surface area contributed by atoms with E-state index in [1.165, 1.54) is 0 Å². The Labute approximate surface area is 195 Å². The van der Waals surface area contributed by atoms with Crippen LogP contribution >= 0.6 is 0 Å². The number of carboxylic acids is 2. The van der Waals surface area contributed by atoms with Gasteiger partial charge >= 0.3 is 11.9 Å². The number of amides is 5. The lowest BCUT2D eigenvalue weighted by Gasteiger charge is -2.25. The fraction of sp³-hybridized carbons (Fsp3) is 0.632. The van der Waals surface area contributed by atoms with Crippen LogP contribution in [-0.4, -0.2) is 75.9 Å². The van der Waals surface area contributed by atoms with Gasteiger partial charge in [-0.25, -0.2) is 4.79 Å². The topological polar surface area (TPSA) is 274 Å². The molecule has 0 rings (SSSR count). The molecule has 34 heavy (non-hydrogen) atoms. The van der Waals surface area contributed by atoms with Crippen LogP contribution in [0.25, 0.3) is 0 Å². The van der Waals surface area contributed by atoms with E-state index in [1.807, 2.05) is 5.32 Å². The molecule has 192 valence electrons.